The number of nitrogens with zero attached hydrogens (tertiary/aromatic N) is 3. The summed E-state index contributed by atoms with van der Waals surface area (Å²) in [5.41, 5.74) is 3.09. The normalized spacial score (nSPS) is 20.4. The molecule has 104 valence electrons. The second-order valence-electron chi connectivity index (χ2n) is 4.80. The average Bonchev–Trinajstić information content (AvgIpc) is 2.46. The fraction of sp³-hybridized carbons (Fsp3) is 0.538. The van der Waals surface area contributed by atoms with Crippen LogP contribution < -0.4 is 11.3 Å². The Labute approximate surface area is 113 Å². The zero-order valence-electron chi connectivity index (χ0n) is 11.5. The van der Waals surface area contributed by atoms with E-state index in [0.717, 1.165) is 26.2 Å². The molecule has 0 saturated carbocycles. The largest absolute Gasteiger partial charge is 0.336 e. The van der Waals surface area contributed by atoms with Crippen LogP contribution in [0.25, 0.3) is 0 Å². The van der Waals surface area contributed by atoms with Gasteiger partial charge in [0.2, 0.25) is 0 Å². The van der Waals surface area contributed by atoms with E-state index in [1.165, 1.54) is 0 Å². The minimum Gasteiger partial charge on any atom is -0.336 e. The molecule has 1 unspecified atom stereocenters. The van der Waals surface area contributed by atoms with Crippen molar-refractivity contribution in [3.8, 4) is 0 Å². The zero-order chi connectivity index (χ0) is 13.8. The summed E-state index contributed by atoms with van der Waals surface area (Å²) in [5.74, 6) is 5.86. The Kier molecular flexibility index (Phi) is 4.34. The van der Waals surface area contributed by atoms with E-state index in [0.29, 0.717) is 17.4 Å². The van der Waals surface area contributed by atoms with Crippen molar-refractivity contribution in [1.29, 1.82) is 0 Å². The van der Waals surface area contributed by atoms with Crippen LogP contribution >= 0.6 is 0 Å². The van der Waals surface area contributed by atoms with Gasteiger partial charge in [-0.2, -0.15) is 0 Å². The molecule has 6 heteroatoms. The van der Waals surface area contributed by atoms with E-state index in [-0.39, 0.29) is 5.91 Å². The monoisotopic (exact) mass is 263 g/mol. The van der Waals surface area contributed by atoms with Crippen molar-refractivity contribution >= 4 is 11.7 Å². The number of nitrogens with one attached hydrogen (secondary N) is 1. The van der Waals surface area contributed by atoms with Crippen molar-refractivity contribution in [2.75, 3.05) is 31.6 Å². The van der Waals surface area contributed by atoms with Crippen LogP contribution in [0.2, 0.25) is 0 Å². The number of hydrazine groups is 1. The number of nitrogen functional groups attached to an aromatic ring is 1. The third-order valence-corrected chi connectivity index (χ3v) is 3.61. The maximum Gasteiger partial charge on any atom is 0.254 e. The number of pyridine rings is 1. The molecule has 1 aliphatic rings. The summed E-state index contributed by atoms with van der Waals surface area (Å²) in [6, 6.07) is 3.80. The molecule has 2 heterocycles. The van der Waals surface area contributed by atoms with Crippen LogP contribution in [-0.2, 0) is 0 Å². The van der Waals surface area contributed by atoms with Gasteiger partial charge >= 0.3 is 0 Å². The van der Waals surface area contributed by atoms with Crippen molar-refractivity contribution < 1.29 is 4.79 Å². The van der Waals surface area contributed by atoms with Gasteiger partial charge in [0, 0.05) is 37.4 Å². The second-order valence-corrected chi connectivity index (χ2v) is 4.80. The standard InChI is InChI=1S/C13H21N5O/c1-3-17-6-7-18(9-10(17)2)13(19)11-4-5-15-12(8-11)16-14/h4-5,8,10H,3,6-7,9,14H2,1-2H3,(H,15,16). The molecule has 3 N–H and O–H groups in total. The van der Waals surface area contributed by atoms with Crippen LogP contribution in [-0.4, -0.2) is 52.9 Å². The van der Waals surface area contributed by atoms with E-state index in [4.69, 9.17) is 5.84 Å². The van der Waals surface area contributed by atoms with Crippen LogP contribution in [0.4, 0.5) is 5.82 Å². The van der Waals surface area contributed by atoms with Crippen LogP contribution in [0.1, 0.15) is 24.2 Å². The molecule has 1 atom stereocenters. The Morgan fingerprint density at radius 1 is 1.58 bits per heavy atom. The molecule has 1 amide bonds. The first-order valence-corrected chi connectivity index (χ1v) is 6.61. The molecule has 1 aromatic heterocycles. The summed E-state index contributed by atoms with van der Waals surface area (Å²) in [6.45, 7) is 7.79. The molecule has 2 rings (SSSR count). The number of carbonyl (C=O) groups is 1. The van der Waals surface area contributed by atoms with E-state index in [2.05, 4.69) is 29.2 Å². The first kappa shape index (κ1) is 13.8. The predicted molar refractivity (Wildman–Crippen MR) is 74.7 cm³/mol. The van der Waals surface area contributed by atoms with Crippen molar-refractivity contribution in [2.24, 2.45) is 5.84 Å². The second kappa shape index (κ2) is 5.99. The number of anilines is 1. The maximum absolute atomic E-state index is 12.4. The number of likely N-dealkylation sites (N-methyl/N-ethyl adjacent to an activating group) is 1. The van der Waals surface area contributed by atoms with Gasteiger partial charge in [-0.25, -0.2) is 10.8 Å². The Balaban J connectivity index is 2.07. The zero-order valence-corrected chi connectivity index (χ0v) is 11.5. The molecular formula is C13H21N5O. The average molecular weight is 263 g/mol. The SMILES string of the molecule is CCN1CCN(C(=O)c2ccnc(NN)c2)CC1C. The van der Waals surface area contributed by atoms with Gasteiger partial charge in [-0.05, 0) is 25.6 Å². The summed E-state index contributed by atoms with van der Waals surface area (Å²) in [5, 5.41) is 0. The number of piperazine rings is 1. The number of hydrogen-bond donors (Lipinski definition) is 2. The van der Waals surface area contributed by atoms with Crippen molar-refractivity contribution in [3.05, 3.63) is 23.9 Å². The quantitative estimate of drug-likeness (QED) is 0.615. The molecule has 1 fully saturated rings. The molecule has 0 spiro atoms. The lowest BCUT2D eigenvalue weighted by atomic mass is 10.1. The Hall–Kier alpha value is -1.66. The fourth-order valence-corrected chi connectivity index (χ4v) is 2.47. The van der Waals surface area contributed by atoms with E-state index < -0.39 is 0 Å². The van der Waals surface area contributed by atoms with E-state index in [9.17, 15) is 4.79 Å². The third-order valence-electron chi connectivity index (χ3n) is 3.61. The van der Waals surface area contributed by atoms with E-state index >= 15 is 0 Å². The van der Waals surface area contributed by atoms with Crippen molar-refractivity contribution in [2.45, 2.75) is 19.9 Å². The molecule has 1 aliphatic heterocycles. The van der Waals surface area contributed by atoms with Gasteiger partial charge in [0.25, 0.3) is 5.91 Å². The lowest BCUT2D eigenvalue weighted by molar-refractivity contribution is 0.0528. The number of amides is 1. The third kappa shape index (κ3) is 3.02. The van der Waals surface area contributed by atoms with Crippen LogP contribution in [0.3, 0.4) is 0 Å². The molecule has 6 nitrogen and oxygen atoms in total. The van der Waals surface area contributed by atoms with Gasteiger partial charge in [-0.1, -0.05) is 6.92 Å². The summed E-state index contributed by atoms with van der Waals surface area (Å²) >= 11 is 0. The smallest absolute Gasteiger partial charge is 0.254 e. The number of hydrogen-bond acceptors (Lipinski definition) is 5. The van der Waals surface area contributed by atoms with Gasteiger partial charge in [0.15, 0.2) is 0 Å². The highest BCUT2D eigenvalue weighted by atomic mass is 16.2. The van der Waals surface area contributed by atoms with Gasteiger partial charge < -0.3 is 10.3 Å². The molecule has 0 radical (unpaired) electrons. The molecule has 1 aromatic rings. The molecule has 0 aromatic carbocycles. The topological polar surface area (TPSA) is 74.5 Å². The van der Waals surface area contributed by atoms with Gasteiger partial charge in [0.05, 0.1) is 0 Å². The summed E-state index contributed by atoms with van der Waals surface area (Å²) < 4.78 is 0. The Morgan fingerprint density at radius 2 is 2.37 bits per heavy atom. The Morgan fingerprint density at radius 3 is 3.00 bits per heavy atom. The lowest BCUT2D eigenvalue weighted by Gasteiger charge is -2.39. The van der Waals surface area contributed by atoms with Gasteiger partial charge in [0.1, 0.15) is 5.82 Å². The van der Waals surface area contributed by atoms with Crippen LogP contribution in [0.15, 0.2) is 18.3 Å². The predicted octanol–water partition coefficient (Wildman–Crippen LogP) is 0.533. The highest BCUT2D eigenvalue weighted by molar-refractivity contribution is 5.94. The number of rotatable bonds is 3. The van der Waals surface area contributed by atoms with Crippen molar-refractivity contribution in [1.82, 2.24) is 14.8 Å². The highest BCUT2D eigenvalue weighted by Gasteiger charge is 2.26. The fourth-order valence-electron chi connectivity index (χ4n) is 2.47. The minimum absolute atomic E-state index is 0.0431. The molecule has 19 heavy (non-hydrogen) atoms. The van der Waals surface area contributed by atoms with E-state index in [1.807, 2.05) is 4.90 Å². The van der Waals surface area contributed by atoms with Crippen molar-refractivity contribution in [3.63, 3.8) is 0 Å². The maximum atomic E-state index is 12.4. The first-order valence-electron chi connectivity index (χ1n) is 6.61. The molecule has 0 bridgehead atoms. The minimum atomic E-state index is 0.0431. The van der Waals surface area contributed by atoms with Crippen LogP contribution in [0.5, 0.6) is 0 Å². The lowest BCUT2D eigenvalue weighted by Crippen LogP contribution is -2.53. The Bertz CT molecular complexity index is 450. The van der Waals surface area contributed by atoms with Crippen LogP contribution in [0, 0.1) is 0 Å². The number of nitrogens with two attached hydrogens (primary N) is 1. The van der Waals surface area contributed by atoms with E-state index in [1.54, 1.807) is 18.3 Å². The van der Waals surface area contributed by atoms with Gasteiger partial charge in [-0.15, -0.1) is 0 Å². The number of aromatic nitrogens is 1. The molecule has 0 aliphatic carbocycles. The number of carbonyl (C=O) groups excluding carboxylic acids is 1. The highest BCUT2D eigenvalue weighted by Crippen LogP contribution is 2.14. The molecular weight excluding hydrogens is 242 g/mol. The first-order chi connectivity index (χ1) is 9.15. The molecule has 1 saturated heterocycles. The summed E-state index contributed by atoms with van der Waals surface area (Å²) in [4.78, 5) is 20.7. The van der Waals surface area contributed by atoms with Gasteiger partial charge in [-0.3, -0.25) is 9.69 Å². The summed E-state index contributed by atoms with van der Waals surface area (Å²) in [6.07, 6.45) is 1.59. The summed E-state index contributed by atoms with van der Waals surface area (Å²) in [7, 11) is 0.